The Kier molecular flexibility index (Phi) is 5.87. The van der Waals surface area contributed by atoms with Crippen molar-refractivity contribution in [3.8, 4) is 22.8 Å². The van der Waals surface area contributed by atoms with Gasteiger partial charge in [-0.1, -0.05) is 53.7 Å². The molecule has 6 heteroatoms. The summed E-state index contributed by atoms with van der Waals surface area (Å²) in [6, 6.07) is 12.2. The zero-order valence-electron chi connectivity index (χ0n) is 19.0. The molecule has 4 nitrogen and oxygen atoms in total. The fourth-order valence-corrected chi connectivity index (χ4v) is 3.15. The first-order valence-electron chi connectivity index (χ1n) is 10.1. The average Bonchev–Trinajstić information content (AvgIpc) is 3.17. The van der Waals surface area contributed by atoms with Crippen LogP contribution in [0, 0.1) is 0 Å². The molecule has 0 saturated heterocycles. The van der Waals surface area contributed by atoms with E-state index < -0.39 is 17.4 Å². The average molecular weight is 430 g/mol. The minimum atomic E-state index is -3.73. The molecule has 0 amide bonds. The Morgan fingerprint density at radius 1 is 0.871 bits per heavy atom. The smallest absolute Gasteiger partial charge is 0.480 e. The summed E-state index contributed by atoms with van der Waals surface area (Å²) >= 11 is 0. The SMILES string of the molecule is COc1ccc(-c2cnc(C(F)(F)Oc3ccc(C(C)(C)C)cc3C(C)(C)C)o2)cc1. The highest BCUT2D eigenvalue weighted by atomic mass is 19.3. The van der Waals surface area contributed by atoms with E-state index in [2.05, 4.69) is 25.8 Å². The van der Waals surface area contributed by atoms with Gasteiger partial charge in [0.2, 0.25) is 0 Å². The lowest BCUT2D eigenvalue weighted by molar-refractivity contribution is -0.202. The summed E-state index contributed by atoms with van der Waals surface area (Å²) < 4.78 is 45.6. The molecule has 31 heavy (non-hydrogen) atoms. The summed E-state index contributed by atoms with van der Waals surface area (Å²) in [6.07, 6.45) is -2.46. The van der Waals surface area contributed by atoms with E-state index in [1.807, 2.05) is 32.9 Å². The maximum absolute atomic E-state index is 15.0. The standard InChI is InChI=1S/C25H29F2NO3/c1-23(2,3)17-10-13-20(19(14-17)24(4,5)6)31-25(26,27)22-28-15-21(30-22)16-8-11-18(29-7)12-9-16/h8-15H,1-7H3. The molecule has 0 atom stereocenters. The molecule has 0 fully saturated rings. The number of halogens is 2. The van der Waals surface area contributed by atoms with Gasteiger partial charge in [0.1, 0.15) is 11.5 Å². The second-order valence-corrected chi connectivity index (χ2v) is 9.59. The van der Waals surface area contributed by atoms with Gasteiger partial charge in [0.25, 0.3) is 0 Å². The predicted octanol–water partition coefficient (Wildman–Crippen LogP) is 7.07. The number of aromatic nitrogens is 1. The van der Waals surface area contributed by atoms with E-state index >= 15 is 0 Å². The first-order valence-corrected chi connectivity index (χ1v) is 10.1. The van der Waals surface area contributed by atoms with E-state index in [1.165, 1.54) is 6.20 Å². The van der Waals surface area contributed by atoms with Crippen molar-refractivity contribution in [1.29, 1.82) is 0 Å². The van der Waals surface area contributed by atoms with Crippen LogP contribution in [0.3, 0.4) is 0 Å². The molecule has 166 valence electrons. The van der Waals surface area contributed by atoms with Crippen LogP contribution < -0.4 is 9.47 Å². The van der Waals surface area contributed by atoms with Gasteiger partial charge in [0.15, 0.2) is 5.76 Å². The first kappa shape index (κ1) is 22.8. The van der Waals surface area contributed by atoms with Crippen LogP contribution in [0.15, 0.2) is 53.1 Å². The van der Waals surface area contributed by atoms with Crippen molar-refractivity contribution in [3.63, 3.8) is 0 Å². The Bertz CT molecular complexity index is 1040. The van der Waals surface area contributed by atoms with Crippen LogP contribution in [0.4, 0.5) is 8.78 Å². The number of methoxy groups -OCH3 is 1. The molecule has 1 heterocycles. The Morgan fingerprint density at radius 3 is 2.06 bits per heavy atom. The molecule has 0 aliphatic carbocycles. The van der Waals surface area contributed by atoms with Gasteiger partial charge in [-0.25, -0.2) is 4.98 Å². The highest BCUT2D eigenvalue weighted by Crippen LogP contribution is 2.40. The Hall–Kier alpha value is -2.89. The van der Waals surface area contributed by atoms with Gasteiger partial charge in [-0.3, -0.25) is 0 Å². The van der Waals surface area contributed by atoms with Gasteiger partial charge in [0, 0.05) is 11.1 Å². The molecule has 0 aliphatic heterocycles. The lowest BCUT2D eigenvalue weighted by atomic mass is 9.80. The van der Waals surface area contributed by atoms with Crippen LogP contribution in [0.2, 0.25) is 0 Å². The molecular weight excluding hydrogens is 400 g/mol. The third kappa shape index (κ3) is 5.06. The van der Waals surface area contributed by atoms with Crippen molar-refractivity contribution in [2.75, 3.05) is 7.11 Å². The van der Waals surface area contributed by atoms with Crippen molar-refractivity contribution in [2.45, 2.75) is 58.5 Å². The maximum Gasteiger partial charge on any atom is 0.480 e. The van der Waals surface area contributed by atoms with E-state index in [-0.39, 0.29) is 16.9 Å². The molecule has 3 rings (SSSR count). The number of ether oxygens (including phenoxy) is 2. The molecular formula is C25H29F2NO3. The Labute approximate surface area is 182 Å². The van der Waals surface area contributed by atoms with Crippen LogP contribution >= 0.6 is 0 Å². The molecule has 0 radical (unpaired) electrons. The van der Waals surface area contributed by atoms with Crippen LogP contribution in [-0.4, -0.2) is 12.1 Å². The van der Waals surface area contributed by atoms with E-state index in [9.17, 15) is 8.78 Å². The topological polar surface area (TPSA) is 44.5 Å². The minimum absolute atomic E-state index is 0.106. The second-order valence-electron chi connectivity index (χ2n) is 9.59. The fourth-order valence-electron chi connectivity index (χ4n) is 3.15. The Morgan fingerprint density at radius 2 is 1.52 bits per heavy atom. The molecule has 0 N–H and O–H groups in total. The van der Waals surface area contributed by atoms with Gasteiger partial charge in [0.05, 0.1) is 13.3 Å². The predicted molar refractivity (Wildman–Crippen MR) is 117 cm³/mol. The highest BCUT2D eigenvalue weighted by Gasteiger charge is 2.42. The fraction of sp³-hybridized carbons (Fsp3) is 0.400. The lowest BCUT2D eigenvalue weighted by Gasteiger charge is -2.28. The normalized spacial score (nSPS) is 12.7. The zero-order chi connectivity index (χ0) is 23.0. The van der Waals surface area contributed by atoms with Gasteiger partial charge < -0.3 is 13.9 Å². The molecule has 0 bridgehead atoms. The number of benzene rings is 2. The molecule has 3 aromatic rings. The van der Waals surface area contributed by atoms with Gasteiger partial charge in [-0.05, 0) is 46.7 Å². The Balaban J connectivity index is 1.92. The molecule has 0 saturated carbocycles. The van der Waals surface area contributed by atoms with E-state index in [1.54, 1.807) is 37.4 Å². The van der Waals surface area contributed by atoms with Crippen LogP contribution in [-0.2, 0) is 16.9 Å². The minimum Gasteiger partial charge on any atom is -0.497 e. The van der Waals surface area contributed by atoms with Crippen molar-refractivity contribution < 1.29 is 22.7 Å². The lowest BCUT2D eigenvalue weighted by Crippen LogP contribution is -2.25. The maximum atomic E-state index is 15.0. The van der Waals surface area contributed by atoms with E-state index in [0.717, 1.165) is 5.56 Å². The van der Waals surface area contributed by atoms with Gasteiger partial charge in [-0.15, -0.1) is 0 Å². The summed E-state index contributed by atoms with van der Waals surface area (Å²) in [6.45, 7) is 12.1. The molecule has 0 unspecified atom stereocenters. The third-order valence-corrected chi connectivity index (χ3v) is 5.02. The van der Waals surface area contributed by atoms with E-state index in [0.29, 0.717) is 16.9 Å². The van der Waals surface area contributed by atoms with Gasteiger partial charge in [-0.2, -0.15) is 8.78 Å². The summed E-state index contributed by atoms with van der Waals surface area (Å²) in [4.78, 5) is 3.78. The van der Waals surface area contributed by atoms with Crippen LogP contribution in [0.1, 0.15) is 58.6 Å². The van der Waals surface area contributed by atoms with Crippen LogP contribution in [0.5, 0.6) is 11.5 Å². The summed E-state index contributed by atoms with van der Waals surface area (Å²) in [5.74, 6) is 0.193. The largest absolute Gasteiger partial charge is 0.497 e. The first-order chi connectivity index (χ1) is 14.3. The number of nitrogens with zero attached hydrogens (tertiary/aromatic N) is 1. The van der Waals surface area contributed by atoms with Crippen molar-refractivity contribution in [3.05, 3.63) is 65.7 Å². The number of oxazole rings is 1. The number of alkyl halides is 2. The molecule has 0 spiro atoms. The zero-order valence-corrected chi connectivity index (χ0v) is 19.0. The van der Waals surface area contributed by atoms with Crippen molar-refractivity contribution >= 4 is 0 Å². The summed E-state index contributed by atoms with van der Waals surface area (Å²) in [7, 11) is 1.55. The highest BCUT2D eigenvalue weighted by molar-refractivity contribution is 5.57. The molecule has 2 aromatic carbocycles. The summed E-state index contributed by atoms with van der Waals surface area (Å²) in [5, 5.41) is 0. The van der Waals surface area contributed by atoms with E-state index in [4.69, 9.17) is 13.9 Å². The third-order valence-electron chi connectivity index (χ3n) is 5.02. The number of hydrogen-bond donors (Lipinski definition) is 0. The second kappa shape index (κ2) is 7.98. The van der Waals surface area contributed by atoms with Crippen molar-refractivity contribution in [2.24, 2.45) is 0 Å². The monoisotopic (exact) mass is 429 g/mol. The van der Waals surface area contributed by atoms with Crippen LogP contribution in [0.25, 0.3) is 11.3 Å². The van der Waals surface area contributed by atoms with Crippen molar-refractivity contribution in [1.82, 2.24) is 4.98 Å². The molecule has 0 aliphatic rings. The number of hydrogen-bond acceptors (Lipinski definition) is 4. The molecule has 1 aromatic heterocycles. The quantitative estimate of drug-likeness (QED) is 0.435. The number of rotatable bonds is 5. The van der Waals surface area contributed by atoms with Gasteiger partial charge >= 0.3 is 12.0 Å². The summed E-state index contributed by atoms with van der Waals surface area (Å²) in [5.41, 5.74) is 1.85.